The number of alkyl halides is 6. The van der Waals surface area contributed by atoms with E-state index >= 15 is 0 Å². The first-order valence-corrected chi connectivity index (χ1v) is 33.7. The number of hydrogen-bond donors (Lipinski definition) is 2. The Bertz CT molecular complexity index is 3700. The van der Waals surface area contributed by atoms with Gasteiger partial charge in [0.05, 0.1) is 29.5 Å². The number of likely N-dealkylation sites (N-methyl/N-ethyl adjacent to an activating group) is 2. The van der Waals surface area contributed by atoms with Gasteiger partial charge in [0.1, 0.15) is 30.9 Å². The normalized spacial score (nSPS) is 18.1. The highest BCUT2D eigenvalue weighted by Crippen LogP contribution is 2.49. The summed E-state index contributed by atoms with van der Waals surface area (Å²) in [6.45, 7) is 7.22. The molecule has 3 fully saturated rings. The molecule has 0 saturated carbocycles. The summed E-state index contributed by atoms with van der Waals surface area (Å²) >= 11 is 0. The first kappa shape index (κ1) is 72.4. The van der Waals surface area contributed by atoms with Crippen molar-refractivity contribution < 1.29 is 68.9 Å². The van der Waals surface area contributed by atoms with E-state index in [0.29, 0.717) is 107 Å². The molecule has 3 heterocycles. The van der Waals surface area contributed by atoms with Crippen LogP contribution in [0.4, 0.5) is 46.9 Å². The number of carbonyl (C=O) groups excluding carboxylic acids is 5. The summed E-state index contributed by atoms with van der Waals surface area (Å²) in [5.74, 6) is -1.81. The third kappa shape index (κ3) is 18.1. The molecule has 0 unspecified atom stereocenters. The molecule has 3 aliphatic heterocycles. The van der Waals surface area contributed by atoms with Crippen LogP contribution >= 0.6 is 0 Å². The van der Waals surface area contributed by atoms with Gasteiger partial charge in [-0.05, 0) is 160 Å². The molecular weight excluding hydrogens is 1270 g/mol. The minimum absolute atomic E-state index is 0.0280. The van der Waals surface area contributed by atoms with Crippen molar-refractivity contribution >= 4 is 41.1 Å². The molecule has 6 aromatic carbocycles. The number of fused-ring (bicyclic) bond motifs is 2. The van der Waals surface area contributed by atoms with E-state index in [1.165, 1.54) is 24.3 Å². The van der Waals surface area contributed by atoms with Gasteiger partial charge in [-0.2, -0.15) is 26.3 Å². The lowest BCUT2D eigenvalue weighted by Gasteiger charge is -2.44. The fourth-order valence-corrected chi connectivity index (χ4v) is 14.0. The molecule has 2 atom stereocenters. The summed E-state index contributed by atoms with van der Waals surface area (Å²) in [6, 6.07) is 37.7. The fourth-order valence-electron chi connectivity index (χ4n) is 14.0. The number of aryl methyl sites for hydroxylation is 1. The lowest BCUT2D eigenvalue weighted by Crippen LogP contribution is -2.50. The van der Waals surface area contributed by atoms with E-state index in [1.807, 2.05) is 98.9 Å². The van der Waals surface area contributed by atoms with Crippen LogP contribution in [0, 0.1) is 12.7 Å². The van der Waals surface area contributed by atoms with E-state index in [0.717, 1.165) is 90.1 Å². The van der Waals surface area contributed by atoms with Gasteiger partial charge < -0.3 is 48.9 Å². The van der Waals surface area contributed by atoms with Gasteiger partial charge >= 0.3 is 18.4 Å². The predicted octanol–water partition coefficient (Wildman–Crippen LogP) is 13.3. The van der Waals surface area contributed by atoms with Crippen LogP contribution in [0.25, 0.3) is 11.1 Å². The third-order valence-corrected chi connectivity index (χ3v) is 19.8. The molecule has 524 valence electrons. The molecule has 5 amide bonds. The Balaban J connectivity index is 0.611. The monoisotopic (exact) mass is 1360 g/mol. The van der Waals surface area contributed by atoms with Gasteiger partial charge in [0.2, 0.25) is 11.8 Å². The first-order chi connectivity index (χ1) is 46.9. The number of nitrogens with one attached hydrogen (secondary N) is 2. The zero-order chi connectivity index (χ0) is 69.8. The number of nitrogens with zero attached hydrogens (tertiary/aromatic N) is 6. The van der Waals surface area contributed by atoms with E-state index in [-0.39, 0.29) is 55.6 Å². The van der Waals surface area contributed by atoms with Gasteiger partial charge in [0.15, 0.2) is 0 Å². The molecule has 3 saturated heterocycles. The highest BCUT2D eigenvalue weighted by Gasteiger charge is 2.50. The topological polar surface area (TPSA) is 157 Å². The van der Waals surface area contributed by atoms with Crippen molar-refractivity contribution in [2.45, 2.75) is 113 Å². The zero-order valence-electron chi connectivity index (χ0n) is 56.0. The fraction of sp³-hybridized carbons (Fsp3) is 0.453. The van der Waals surface area contributed by atoms with Gasteiger partial charge in [0.25, 0.3) is 11.8 Å². The molecule has 10 rings (SSSR count). The van der Waals surface area contributed by atoms with Crippen molar-refractivity contribution in [1.29, 1.82) is 0 Å². The van der Waals surface area contributed by atoms with E-state index in [4.69, 9.17) is 14.2 Å². The number of amides is 5. The second-order valence-corrected chi connectivity index (χ2v) is 26.4. The summed E-state index contributed by atoms with van der Waals surface area (Å²) in [4.78, 5) is 77.7. The summed E-state index contributed by atoms with van der Waals surface area (Å²) in [5.41, 5.74) is 2.08. The molecule has 4 aliphatic rings. The van der Waals surface area contributed by atoms with Gasteiger partial charge in [-0.3, -0.25) is 24.5 Å². The van der Waals surface area contributed by atoms with Crippen LogP contribution in [0.3, 0.4) is 0 Å². The highest BCUT2D eigenvalue weighted by molar-refractivity contribution is 5.96. The molecule has 0 aromatic heterocycles. The Kier molecular flexibility index (Phi) is 23.7. The van der Waals surface area contributed by atoms with Crippen LogP contribution in [0.1, 0.15) is 118 Å². The molecule has 2 N–H and O–H groups in total. The maximum Gasteiger partial charge on any atom is 0.416 e. The Morgan fingerprint density at radius 1 is 0.673 bits per heavy atom. The van der Waals surface area contributed by atoms with Crippen LogP contribution in [0.2, 0.25) is 0 Å². The molecule has 1 aliphatic carbocycles. The number of para-hydroxylation sites is 1. The second kappa shape index (κ2) is 32.1. The van der Waals surface area contributed by atoms with E-state index in [9.17, 15) is 54.7 Å². The van der Waals surface area contributed by atoms with Gasteiger partial charge in [-0.15, -0.1) is 0 Å². The van der Waals surface area contributed by atoms with Crippen molar-refractivity contribution in [3.8, 4) is 11.1 Å². The van der Waals surface area contributed by atoms with Gasteiger partial charge in [-0.25, -0.2) is 9.18 Å². The van der Waals surface area contributed by atoms with Crippen LogP contribution in [-0.2, 0) is 53.6 Å². The van der Waals surface area contributed by atoms with Crippen LogP contribution in [0.15, 0.2) is 140 Å². The molecule has 0 radical (unpaired) electrons. The van der Waals surface area contributed by atoms with Crippen molar-refractivity contribution in [2.24, 2.45) is 0 Å². The van der Waals surface area contributed by atoms with E-state index in [2.05, 4.69) is 32.6 Å². The van der Waals surface area contributed by atoms with Crippen molar-refractivity contribution in [3.63, 3.8) is 0 Å². The number of rotatable bonds is 26. The lowest BCUT2D eigenvalue weighted by molar-refractivity contribution is -0.143. The number of piperidine rings is 2. The number of ether oxygens (including phenoxy) is 3. The largest absolute Gasteiger partial charge is 0.446 e. The van der Waals surface area contributed by atoms with Gasteiger partial charge in [-0.1, -0.05) is 91.3 Å². The van der Waals surface area contributed by atoms with Crippen molar-refractivity contribution in [3.05, 3.63) is 190 Å². The number of hydrogen-bond acceptors (Lipinski definition) is 11. The van der Waals surface area contributed by atoms with E-state index in [1.54, 1.807) is 28.8 Å². The Hall–Kier alpha value is -8.38. The van der Waals surface area contributed by atoms with Crippen LogP contribution < -0.4 is 10.6 Å². The smallest absolute Gasteiger partial charge is 0.416 e. The first-order valence-electron chi connectivity index (χ1n) is 33.7. The quantitative estimate of drug-likeness (QED) is 0.0394. The molecule has 23 heteroatoms. The molecule has 1 spiro atoms. The zero-order valence-corrected chi connectivity index (χ0v) is 56.0. The highest BCUT2D eigenvalue weighted by atomic mass is 19.4. The Morgan fingerprint density at radius 2 is 1.33 bits per heavy atom. The summed E-state index contributed by atoms with van der Waals surface area (Å²) < 4.78 is 116. The average Bonchev–Trinajstić information content (AvgIpc) is 1.58. The van der Waals surface area contributed by atoms with Gasteiger partial charge in [0, 0.05) is 108 Å². The SMILES string of the molecule is Cc1cc(NCCCCCC(=O)N(C)CCN2CCC(OC(=O)Nc3ccccc3-c3ccccc3)CC2)ccc1C(=O)N(C)CCCN(C)C(=O)CO[C@H]1Cc2ccccc2C12CCN(CC[C@]1(c3ccc(F)cc3)CN(C(=O)c3cc(C(F)(F)F)cc(C(F)(F)F)c3)CO1)CC2. The van der Waals surface area contributed by atoms with Crippen LogP contribution in [-0.4, -0.2) is 178 Å². The standard InChI is InChI=1S/C75H87F7N8O8/c1-52-44-60(83-34-14-6-9-22-67(91)86(3)42-43-88-37-29-61(30-38-88)98-71(95)84-65-21-13-11-19-63(65)53-16-7-5-8-17-53)27-28-62(52)70(94)87(4)36-15-35-85(2)68(92)49-96-66-47-54-18-10-12-20-64(54)72(66)31-39-89(40-32-72)41-33-73(56-23-25-59(76)26-24-56)50-90(51-97-73)69(93)55-45-57(74(77,78)79)48-58(46-55)75(80,81)82/h5,7-8,10-13,16-21,23-28,44-46,48,61,66,83H,6,9,14-15,22,29-43,47,49-51H2,1-4H3,(H,84,95)/t66-,73+/m0/s1. The molecule has 16 nitrogen and oxygen atoms in total. The van der Waals surface area contributed by atoms with E-state index < -0.39 is 64.6 Å². The summed E-state index contributed by atoms with van der Waals surface area (Å²) in [6.07, 6.45) is -4.03. The maximum absolute atomic E-state index is 14.3. The van der Waals surface area contributed by atoms with Crippen molar-refractivity contribution in [2.75, 3.05) is 117 Å². The number of anilines is 2. The predicted molar refractivity (Wildman–Crippen MR) is 360 cm³/mol. The number of likely N-dealkylation sites (tertiary alicyclic amines) is 2. The summed E-state index contributed by atoms with van der Waals surface area (Å²) in [5, 5.41) is 6.39. The minimum Gasteiger partial charge on any atom is -0.446 e. The summed E-state index contributed by atoms with van der Waals surface area (Å²) in [7, 11) is 5.32. The number of unbranched alkanes of at least 4 members (excludes halogenated alkanes) is 2. The minimum atomic E-state index is -5.15. The molecule has 0 bridgehead atoms. The number of benzene rings is 6. The lowest BCUT2D eigenvalue weighted by atomic mass is 9.72. The molecule has 98 heavy (non-hydrogen) atoms. The van der Waals surface area contributed by atoms with Crippen LogP contribution in [0.5, 0.6) is 0 Å². The Labute approximate surface area is 568 Å². The van der Waals surface area contributed by atoms with Crippen molar-refractivity contribution in [1.82, 2.24) is 29.4 Å². The number of carbonyl (C=O) groups is 5. The number of halogens is 7. The third-order valence-electron chi connectivity index (χ3n) is 19.8. The molecule has 6 aromatic rings. The second-order valence-electron chi connectivity index (χ2n) is 26.4. The Morgan fingerprint density at radius 3 is 2.03 bits per heavy atom. The molecular formula is C75H87F7N8O8. The maximum atomic E-state index is 14.3. The average molecular weight is 1360 g/mol.